The van der Waals surface area contributed by atoms with Crippen LogP contribution in [0.15, 0.2) is 54.6 Å². The lowest BCUT2D eigenvalue weighted by Gasteiger charge is -2.27. The molecule has 8 nitrogen and oxygen atoms in total. The van der Waals surface area contributed by atoms with Gasteiger partial charge in [0.1, 0.15) is 16.5 Å². The van der Waals surface area contributed by atoms with E-state index in [1.165, 1.54) is 13.0 Å². The lowest BCUT2D eigenvalue weighted by molar-refractivity contribution is -0.114. The van der Waals surface area contributed by atoms with E-state index < -0.39 is 17.3 Å². The van der Waals surface area contributed by atoms with Crippen LogP contribution in [0.5, 0.6) is 0 Å². The van der Waals surface area contributed by atoms with E-state index in [4.69, 9.17) is 0 Å². The number of carbonyl (C=O) groups is 3. The fraction of sp³-hybridized carbons (Fsp3) is 0.167. The van der Waals surface area contributed by atoms with Crippen LogP contribution in [-0.4, -0.2) is 27.9 Å². The van der Waals surface area contributed by atoms with E-state index in [-0.39, 0.29) is 17.4 Å². The number of rotatable bonds is 6. The average Bonchev–Trinajstić information content (AvgIpc) is 3.35. The third-order valence-corrected chi connectivity index (χ3v) is 6.20. The maximum absolute atomic E-state index is 14.2. The molecule has 0 aliphatic carbocycles. The van der Waals surface area contributed by atoms with Crippen molar-refractivity contribution in [2.75, 3.05) is 10.6 Å². The van der Waals surface area contributed by atoms with Gasteiger partial charge in [0, 0.05) is 12.5 Å². The predicted octanol–water partition coefficient (Wildman–Crippen LogP) is 4.64. The standard InChI is InChI=1S/C24H22FN5O3S/c1-13(31)26-18-11-7-4-8-14(18)21(32)27-20-15-12-19(34-23(15)30-29-20)22(33)28-24(2,3)16-9-5-6-10-17(16)25/h4-12H,1-3H3,(H,26,31)(H,28,33)(H2,27,29,30,32). The summed E-state index contributed by atoms with van der Waals surface area (Å²) in [7, 11) is 0. The van der Waals surface area contributed by atoms with Gasteiger partial charge in [-0.3, -0.25) is 19.5 Å². The molecule has 2 aromatic carbocycles. The third-order valence-electron chi connectivity index (χ3n) is 5.17. The fourth-order valence-electron chi connectivity index (χ4n) is 3.56. The van der Waals surface area contributed by atoms with Crippen molar-refractivity contribution in [1.29, 1.82) is 0 Å². The number of nitrogens with one attached hydrogen (secondary N) is 4. The SMILES string of the molecule is CC(=O)Nc1ccccc1C(=O)Nc1[nH]nc2sc(C(=O)NC(C)(C)c3ccccc3F)cc12. The van der Waals surface area contributed by atoms with Gasteiger partial charge < -0.3 is 16.0 Å². The molecular weight excluding hydrogens is 457 g/mol. The van der Waals surface area contributed by atoms with E-state index in [1.807, 2.05) is 0 Å². The van der Waals surface area contributed by atoms with Crippen LogP contribution in [-0.2, 0) is 10.3 Å². The smallest absolute Gasteiger partial charge is 0.262 e. The van der Waals surface area contributed by atoms with Gasteiger partial charge in [-0.05, 0) is 38.1 Å². The Hall–Kier alpha value is -4.05. The zero-order valence-corrected chi connectivity index (χ0v) is 19.5. The second-order valence-electron chi connectivity index (χ2n) is 8.17. The molecule has 0 atom stereocenters. The molecule has 0 aliphatic rings. The Morgan fingerprint density at radius 2 is 1.71 bits per heavy atom. The van der Waals surface area contributed by atoms with Crippen LogP contribution in [0.25, 0.3) is 10.2 Å². The van der Waals surface area contributed by atoms with Gasteiger partial charge in [-0.25, -0.2) is 4.39 Å². The molecule has 0 saturated heterocycles. The Morgan fingerprint density at radius 1 is 1.00 bits per heavy atom. The molecule has 10 heteroatoms. The number of hydrogen-bond donors (Lipinski definition) is 4. The van der Waals surface area contributed by atoms with Crippen molar-refractivity contribution in [1.82, 2.24) is 15.5 Å². The van der Waals surface area contributed by atoms with Gasteiger partial charge in [-0.2, -0.15) is 5.10 Å². The number of nitrogens with zero attached hydrogens (tertiary/aromatic N) is 1. The maximum atomic E-state index is 14.2. The molecule has 3 amide bonds. The minimum atomic E-state index is -0.944. The molecule has 2 heterocycles. The topological polar surface area (TPSA) is 116 Å². The number of aromatic nitrogens is 2. The van der Waals surface area contributed by atoms with Gasteiger partial charge in [-0.1, -0.05) is 30.3 Å². The van der Waals surface area contributed by atoms with Crippen molar-refractivity contribution in [3.63, 3.8) is 0 Å². The molecule has 4 aromatic rings. The predicted molar refractivity (Wildman–Crippen MR) is 130 cm³/mol. The molecule has 0 bridgehead atoms. The van der Waals surface area contributed by atoms with Crippen molar-refractivity contribution in [3.05, 3.63) is 76.4 Å². The number of benzene rings is 2. The van der Waals surface area contributed by atoms with E-state index in [0.717, 1.165) is 11.3 Å². The Balaban J connectivity index is 1.55. The van der Waals surface area contributed by atoms with E-state index in [9.17, 15) is 18.8 Å². The molecule has 0 spiro atoms. The molecule has 34 heavy (non-hydrogen) atoms. The third kappa shape index (κ3) is 4.67. The summed E-state index contributed by atoms with van der Waals surface area (Å²) in [5, 5.41) is 15.7. The number of hydrogen-bond acceptors (Lipinski definition) is 5. The summed E-state index contributed by atoms with van der Waals surface area (Å²) in [4.78, 5) is 38.1. The first-order chi connectivity index (χ1) is 16.2. The number of para-hydroxylation sites is 1. The van der Waals surface area contributed by atoms with Crippen LogP contribution < -0.4 is 16.0 Å². The van der Waals surface area contributed by atoms with Crippen LogP contribution in [0.1, 0.15) is 46.4 Å². The van der Waals surface area contributed by atoms with Crippen LogP contribution in [0.4, 0.5) is 15.9 Å². The van der Waals surface area contributed by atoms with Crippen LogP contribution >= 0.6 is 11.3 Å². The molecule has 0 aliphatic heterocycles. The summed E-state index contributed by atoms with van der Waals surface area (Å²) in [6.45, 7) is 4.81. The summed E-state index contributed by atoms with van der Waals surface area (Å²) in [5.41, 5.74) is 0.0842. The summed E-state index contributed by atoms with van der Waals surface area (Å²) in [6, 6.07) is 14.5. The minimum Gasteiger partial charge on any atom is -0.342 e. The number of halogens is 1. The Bertz CT molecular complexity index is 1410. The molecule has 174 valence electrons. The highest BCUT2D eigenvalue weighted by atomic mass is 32.1. The van der Waals surface area contributed by atoms with Gasteiger partial charge >= 0.3 is 0 Å². The number of fused-ring (bicyclic) bond motifs is 1. The molecule has 0 radical (unpaired) electrons. The van der Waals surface area contributed by atoms with E-state index in [2.05, 4.69) is 26.1 Å². The Kier molecular flexibility index (Phi) is 6.16. The molecule has 0 saturated carbocycles. The van der Waals surface area contributed by atoms with Gasteiger partial charge in [0.05, 0.1) is 27.1 Å². The Morgan fingerprint density at radius 3 is 2.44 bits per heavy atom. The highest BCUT2D eigenvalue weighted by molar-refractivity contribution is 7.20. The summed E-state index contributed by atoms with van der Waals surface area (Å²) in [5.74, 6) is -1.21. The van der Waals surface area contributed by atoms with E-state index >= 15 is 0 Å². The largest absolute Gasteiger partial charge is 0.342 e. The summed E-state index contributed by atoms with van der Waals surface area (Å²) >= 11 is 1.14. The van der Waals surface area contributed by atoms with Gasteiger partial charge in [0.15, 0.2) is 0 Å². The minimum absolute atomic E-state index is 0.278. The number of amides is 3. The van der Waals surface area contributed by atoms with Crippen LogP contribution in [0.2, 0.25) is 0 Å². The number of carbonyl (C=O) groups excluding carboxylic acids is 3. The monoisotopic (exact) mass is 479 g/mol. The second kappa shape index (κ2) is 9.06. The van der Waals surface area contributed by atoms with Gasteiger partial charge in [0.25, 0.3) is 11.8 Å². The van der Waals surface area contributed by atoms with Gasteiger partial charge in [-0.15, -0.1) is 11.3 Å². The van der Waals surface area contributed by atoms with Crippen molar-refractivity contribution in [3.8, 4) is 0 Å². The average molecular weight is 480 g/mol. The summed E-state index contributed by atoms with van der Waals surface area (Å²) in [6.07, 6.45) is 0. The van der Waals surface area contributed by atoms with Crippen molar-refractivity contribution in [2.45, 2.75) is 26.3 Å². The first-order valence-corrected chi connectivity index (χ1v) is 11.2. The van der Waals surface area contributed by atoms with E-state index in [0.29, 0.717) is 32.2 Å². The first kappa shape index (κ1) is 23.1. The molecule has 2 aromatic heterocycles. The van der Waals surface area contributed by atoms with Crippen LogP contribution in [0, 0.1) is 5.82 Å². The normalized spacial score (nSPS) is 11.3. The summed E-state index contributed by atoms with van der Waals surface area (Å²) < 4.78 is 14.2. The van der Waals surface area contributed by atoms with Crippen molar-refractivity contribution >= 4 is 50.8 Å². The first-order valence-electron chi connectivity index (χ1n) is 10.4. The molecule has 4 N–H and O–H groups in total. The fourth-order valence-corrected chi connectivity index (χ4v) is 4.45. The molecular formula is C24H22FN5O3S. The number of anilines is 2. The highest BCUT2D eigenvalue weighted by Crippen LogP contribution is 2.31. The Labute approximate surface area is 198 Å². The van der Waals surface area contributed by atoms with Crippen molar-refractivity contribution < 1.29 is 18.8 Å². The second-order valence-corrected chi connectivity index (χ2v) is 9.20. The molecule has 0 fully saturated rings. The molecule has 4 rings (SSSR count). The zero-order valence-electron chi connectivity index (χ0n) is 18.7. The van der Waals surface area contributed by atoms with E-state index in [1.54, 1.807) is 62.4 Å². The number of H-pyrrole nitrogens is 1. The zero-order chi connectivity index (χ0) is 24.5. The number of thiophene rings is 1. The lowest BCUT2D eigenvalue weighted by Crippen LogP contribution is -2.41. The molecule has 0 unspecified atom stereocenters. The van der Waals surface area contributed by atoms with Crippen molar-refractivity contribution in [2.24, 2.45) is 0 Å². The van der Waals surface area contributed by atoms with Gasteiger partial charge in [0.2, 0.25) is 5.91 Å². The quantitative estimate of drug-likeness (QED) is 0.322. The number of aromatic amines is 1. The van der Waals surface area contributed by atoms with Crippen LogP contribution in [0.3, 0.4) is 0 Å². The maximum Gasteiger partial charge on any atom is 0.262 e. The lowest BCUT2D eigenvalue weighted by atomic mass is 9.93. The highest BCUT2D eigenvalue weighted by Gasteiger charge is 2.27.